The summed E-state index contributed by atoms with van der Waals surface area (Å²) in [6.45, 7) is 7.38. The third-order valence-electron chi connectivity index (χ3n) is 2.79. The average Bonchev–Trinajstić information content (AvgIpc) is 2.45. The summed E-state index contributed by atoms with van der Waals surface area (Å²) in [4.78, 5) is 0. The van der Waals surface area contributed by atoms with Crippen molar-refractivity contribution in [3.05, 3.63) is 0 Å². The van der Waals surface area contributed by atoms with Gasteiger partial charge in [-0.05, 0) is 17.8 Å². The average molecular weight is 254 g/mol. The van der Waals surface area contributed by atoms with E-state index < -0.39 is 10.0 Å². The highest BCUT2D eigenvalue weighted by molar-refractivity contribution is 7.89. The SMILES string of the molecule is CC(CCl)CS(=O)(=O)N1CCC(C)(C)C1. The Balaban J connectivity index is 2.64. The van der Waals surface area contributed by atoms with Crippen LogP contribution >= 0.6 is 11.6 Å². The van der Waals surface area contributed by atoms with E-state index in [4.69, 9.17) is 11.6 Å². The lowest BCUT2D eigenvalue weighted by Crippen LogP contribution is -2.34. The maximum absolute atomic E-state index is 12.0. The monoisotopic (exact) mass is 253 g/mol. The van der Waals surface area contributed by atoms with E-state index in [-0.39, 0.29) is 17.1 Å². The van der Waals surface area contributed by atoms with Gasteiger partial charge in [0.25, 0.3) is 0 Å². The zero-order valence-corrected chi connectivity index (χ0v) is 11.2. The van der Waals surface area contributed by atoms with Crippen molar-refractivity contribution in [2.45, 2.75) is 27.2 Å². The second kappa shape index (κ2) is 4.60. The van der Waals surface area contributed by atoms with E-state index in [9.17, 15) is 8.42 Å². The summed E-state index contributed by atoms with van der Waals surface area (Å²) in [5, 5.41) is 0. The molecule has 0 saturated carbocycles. The quantitative estimate of drug-likeness (QED) is 0.718. The molecule has 1 unspecified atom stereocenters. The summed E-state index contributed by atoms with van der Waals surface area (Å²) in [5.74, 6) is 0.601. The molecular weight excluding hydrogens is 234 g/mol. The maximum Gasteiger partial charge on any atom is 0.214 e. The first kappa shape index (κ1) is 13.3. The first-order chi connectivity index (χ1) is 6.77. The van der Waals surface area contributed by atoms with E-state index in [1.807, 2.05) is 6.92 Å². The normalized spacial score (nSPS) is 24.3. The van der Waals surface area contributed by atoms with Gasteiger partial charge in [0.2, 0.25) is 10.0 Å². The van der Waals surface area contributed by atoms with Crippen LogP contribution in [0.2, 0.25) is 0 Å². The van der Waals surface area contributed by atoms with Crippen molar-refractivity contribution in [2.24, 2.45) is 11.3 Å². The molecule has 15 heavy (non-hydrogen) atoms. The smallest absolute Gasteiger partial charge is 0.212 e. The molecule has 5 heteroatoms. The van der Waals surface area contributed by atoms with E-state index in [1.54, 1.807) is 4.31 Å². The molecule has 0 bridgehead atoms. The van der Waals surface area contributed by atoms with Crippen molar-refractivity contribution >= 4 is 21.6 Å². The molecule has 0 aromatic carbocycles. The van der Waals surface area contributed by atoms with Crippen LogP contribution in [-0.4, -0.2) is 37.4 Å². The fourth-order valence-corrected chi connectivity index (χ4v) is 4.01. The Labute approximate surface area is 97.8 Å². The maximum atomic E-state index is 12.0. The highest BCUT2D eigenvalue weighted by Gasteiger charge is 2.36. The Morgan fingerprint density at radius 2 is 2.07 bits per heavy atom. The molecule has 1 rings (SSSR count). The van der Waals surface area contributed by atoms with Gasteiger partial charge in [-0.2, -0.15) is 0 Å². The number of alkyl halides is 1. The summed E-state index contributed by atoms with van der Waals surface area (Å²) in [6.07, 6.45) is 0.946. The molecule has 0 aromatic rings. The molecule has 3 nitrogen and oxygen atoms in total. The van der Waals surface area contributed by atoms with Crippen LogP contribution in [0.1, 0.15) is 27.2 Å². The Hall–Kier alpha value is 0.200. The first-order valence-electron chi connectivity index (χ1n) is 5.31. The van der Waals surface area contributed by atoms with Gasteiger partial charge >= 0.3 is 0 Å². The van der Waals surface area contributed by atoms with Gasteiger partial charge in [0.15, 0.2) is 0 Å². The van der Waals surface area contributed by atoms with Crippen molar-refractivity contribution in [2.75, 3.05) is 24.7 Å². The Kier molecular flexibility index (Phi) is 4.07. The second-order valence-corrected chi connectivity index (χ2v) is 7.61. The van der Waals surface area contributed by atoms with Crippen molar-refractivity contribution in [3.63, 3.8) is 0 Å². The van der Waals surface area contributed by atoms with Gasteiger partial charge in [-0.25, -0.2) is 12.7 Å². The van der Waals surface area contributed by atoms with E-state index >= 15 is 0 Å². The number of hydrogen-bond acceptors (Lipinski definition) is 2. The topological polar surface area (TPSA) is 37.4 Å². The number of sulfonamides is 1. The minimum Gasteiger partial charge on any atom is -0.212 e. The van der Waals surface area contributed by atoms with Crippen LogP contribution in [0.5, 0.6) is 0 Å². The van der Waals surface area contributed by atoms with E-state index in [0.29, 0.717) is 19.0 Å². The molecule has 0 spiro atoms. The molecule has 1 saturated heterocycles. The van der Waals surface area contributed by atoms with Gasteiger partial charge in [0.05, 0.1) is 5.75 Å². The molecule has 0 amide bonds. The van der Waals surface area contributed by atoms with E-state index in [0.717, 1.165) is 6.42 Å². The van der Waals surface area contributed by atoms with Crippen LogP contribution in [0.15, 0.2) is 0 Å². The van der Waals surface area contributed by atoms with Crippen LogP contribution in [0.25, 0.3) is 0 Å². The Bertz CT molecular complexity index is 313. The lowest BCUT2D eigenvalue weighted by Gasteiger charge is -2.20. The van der Waals surface area contributed by atoms with Gasteiger partial charge in [-0.1, -0.05) is 20.8 Å². The third-order valence-corrected chi connectivity index (χ3v) is 5.41. The number of hydrogen-bond donors (Lipinski definition) is 0. The number of rotatable bonds is 4. The zero-order valence-electron chi connectivity index (χ0n) is 9.66. The summed E-state index contributed by atoms with van der Waals surface area (Å²) in [6, 6.07) is 0. The number of nitrogens with zero attached hydrogens (tertiary/aromatic N) is 1. The van der Waals surface area contributed by atoms with Crippen molar-refractivity contribution in [1.29, 1.82) is 0 Å². The van der Waals surface area contributed by atoms with Gasteiger partial charge in [0.1, 0.15) is 0 Å². The van der Waals surface area contributed by atoms with Crippen LogP contribution in [0.3, 0.4) is 0 Å². The summed E-state index contributed by atoms with van der Waals surface area (Å²) in [7, 11) is -3.09. The van der Waals surface area contributed by atoms with Gasteiger partial charge < -0.3 is 0 Å². The predicted octanol–water partition coefficient (Wildman–Crippen LogP) is 1.92. The lowest BCUT2D eigenvalue weighted by molar-refractivity contribution is 0.374. The molecule has 1 atom stereocenters. The van der Waals surface area contributed by atoms with Crippen LogP contribution in [0.4, 0.5) is 0 Å². The Morgan fingerprint density at radius 1 is 1.47 bits per heavy atom. The fourth-order valence-electron chi connectivity index (χ4n) is 1.81. The minimum absolute atomic E-state index is 0.0281. The molecule has 0 N–H and O–H groups in total. The highest BCUT2D eigenvalue weighted by Crippen LogP contribution is 2.31. The van der Waals surface area contributed by atoms with Gasteiger partial charge in [-0.15, -0.1) is 11.6 Å². The summed E-state index contributed by atoms with van der Waals surface area (Å²) < 4.78 is 25.5. The molecule has 1 aliphatic rings. The molecule has 0 aromatic heterocycles. The molecule has 0 aliphatic carbocycles. The van der Waals surface area contributed by atoms with Crippen LogP contribution in [-0.2, 0) is 10.0 Å². The van der Waals surface area contributed by atoms with Crippen molar-refractivity contribution in [1.82, 2.24) is 4.31 Å². The van der Waals surface area contributed by atoms with E-state index in [2.05, 4.69) is 13.8 Å². The van der Waals surface area contributed by atoms with Gasteiger partial charge in [0, 0.05) is 19.0 Å². The third kappa shape index (κ3) is 3.61. The molecule has 1 aliphatic heterocycles. The minimum atomic E-state index is -3.09. The van der Waals surface area contributed by atoms with Crippen molar-refractivity contribution < 1.29 is 8.42 Å². The molecular formula is C10H20ClNO2S. The number of halogens is 1. The molecule has 1 heterocycles. The molecule has 1 fully saturated rings. The van der Waals surface area contributed by atoms with Crippen molar-refractivity contribution in [3.8, 4) is 0 Å². The predicted molar refractivity (Wildman–Crippen MR) is 63.6 cm³/mol. The van der Waals surface area contributed by atoms with Crippen LogP contribution < -0.4 is 0 Å². The van der Waals surface area contributed by atoms with Crippen LogP contribution in [0, 0.1) is 11.3 Å². The molecule has 90 valence electrons. The summed E-state index contributed by atoms with van der Waals surface area (Å²) in [5.41, 5.74) is 0.122. The summed E-state index contributed by atoms with van der Waals surface area (Å²) >= 11 is 5.64. The van der Waals surface area contributed by atoms with E-state index in [1.165, 1.54) is 0 Å². The Morgan fingerprint density at radius 3 is 2.47 bits per heavy atom. The lowest BCUT2D eigenvalue weighted by atomic mass is 9.93. The fraction of sp³-hybridized carbons (Fsp3) is 1.00. The highest BCUT2D eigenvalue weighted by atomic mass is 35.5. The largest absolute Gasteiger partial charge is 0.214 e. The molecule has 0 radical (unpaired) electrons. The first-order valence-corrected chi connectivity index (χ1v) is 7.45. The standard InChI is InChI=1S/C10H20ClNO2S/c1-9(6-11)7-15(13,14)12-5-4-10(2,3)8-12/h9H,4-8H2,1-3H3. The van der Waals surface area contributed by atoms with Gasteiger partial charge in [-0.3, -0.25) is 0 Å². The second-order valence-electron chi connectivity index (χ2n) is 5.29. The zero-order chi connectivity index (χ0) is 11.7.